The molecule has 4 rings (SSSR count). The molecule has 31 heavy (non-hydrogen) atoms. The summed E-state index contributed by atoms with van der Waals surface area (Å²) in [6.45, 7) is 2.07. The first-order chi connectivity index (χ1) is 15.1. The lowest BCUT2D eigenvalue weighted by Crippen LogP contribution is -2.35. The first-order valence-electron chi connectivity index (χ1n) is 10.1. The van der Waals surface area contributed by atoms with Gasteiger partial charge in [-0.05, 0) is 41.3 Å². The van der Waals surface area contributed by atoms with Crippen molar-refractivity contribution in [3.05, 3.63) is 83.9 Å². The summed E-state index contributed by atoms with van der Waals surface area (Å²) in [4.78, 5) is 24.5. The number of carbonyl (C=O) groups is 2. The molecule has 3 aromatic rings. The smallest absolute Gasteiger partial charge is 0.311 e. The molecule has 0 saturated heterocycles. The van der Waals surface area contributed by atoms with E-state index in [0.717, 1.165) is 22.3 Å². The van der Waals surface area contributed by atoms with E-state index in [1.807, 2.05) is 66.7 Å². The first kappa shape index (κ1) is 20.5. The van der Waals surface area contributed by atoms with Gasteiger partial charge in [-0.25, -0.2) is 0 Å². The molecule has 6 nitrogen and oxygen atoms in total. The van der Waals surface area contributed by atoms with E-state index in [9.17, 15) is 9.59 Å². The standard InChI is InChI=1S/C25H23NO5/c1-17(25(28)26-15-19-9-12-22-23(13-19)30-16-29-22)31-24(27)14-18-7-10-21(11-8-18)20-5-3-2-4-6-20/h2-13,17H,14-16H2,1H3,(H,26,28)/t17-/m0/s1. The molecule has 0 aromatic heterocycles. The highest BCUT2D eigenvalue weighted by Gasteiger charge is 2.19. The maximum absolute atomic E-state index is 12.3. The van der Waals surface area contributed by atoms with E-state index in [4.69, 9.17) is 14.2 Å². The molecule has 6 heteroatoms. The zero-order valence-corrected chi connectivity index (χ0v) is 17.2. The second kappa shape index (κ2) is 9.34. The summed E-state index contributed by atoms with van der Waals surface area (Å²) in [6, 6.07) is 23.2. The van der Waals surface area contributed by atoms with Crippen LogP contribution in [0.2, 0.25) is 0 Å². The van der Waals surface area contributed by atoms with Crippen LogP contribution in [-0.2, 0) is 27.3 Å². The predicted molar refractivity (Wildman–Crippen MR) is 116 cm³/mol. The van der Waals surface area contributed by atoms with Gasteiger partial charge in [0.15, 0.2) is 17.6 Å². The molecule has 0 unspecified atom stereocenters. The average Bonchev–Trinajstić information content (AvgIpc) is 3.26. The second-order valence-electron chi connectivity index (χ2n) is 7.28. The van der Waals surface area contributed by atoms with E-state index in [-0.39, 0.29) is 19.1 Å². The molecule has 158 valence electrons. The highest BCUT2D eigenvalue weighted by Crippen LogP contribution is 2.32. The number of ether oxygens (including phenoxy) is 3. The Labute approximate surface area is 180 Å². The van der Waals surface area contributed by atoms with E-state index < -0.39 is 12.1 Å². The molecule has 0 saturated carbocycles. The van der Waals surface area contributed by atoms with Crippen LogP contribution in [0.15, 0.2) is 72.8 Å². The van der Waals surface area contributed by atoms with Gasteiger partial charge in [0.1, 0.15) is 0 Å². The number of amides is 1. The van der Waals surface area contributed by atoms with E-state index in [1.165, 1.54) is 0 Å². The third kappa shape index (κ3) is 5.22. The number of hydrogen-bond donors (Lipinski definition) is 1. The fraction of sp³-hybridized carbons (Fsp3) is 0.200. The summed E-state index contributed by atoms with van der Waals surface area (Å²) in [7, 11) is 0. The molecule has 1 N–H and O–H groups in total. The highest BCUT2D eigenvalue weighted by atomic mass is 16.7. The lowest BCUT2D eigenvalue weighted by molar-refractivity contribution is -0.154. The molecule has 0 radical (unpaired) electrons. The Hall–Kier alpha value is -3.80. The predicted octanol–water partition coefficient (Wildman–Crippen LogP) is 3.87. The van der Waals surface area contributed by atoms with Crippen LogP contribution in [0, 0.1) is 0 Å². The third-order valence-electron chi connectivity index (χ3n) is 4.99. The van der Waals surface area contributed by atoms with Gasteiger partial charge in [0.05, 0.1) is 6.42 Å². The maximum Gasteiger partial charge on any atom is 0.311 e. The number of fused-ring (bicyclic) bond motifs is 1. The lowest BCUT2D eigenvalue weighted by atomic mass is 10.0. The summed E-state index contributed by atoms with van der Waals surface area (Å²) < 4.78 is 15.9. The normalized spacial score (nSPS) is 12.8. The summed E-state index contributed by atoms with van der Waals surface area (Å²) in [6.07, 6.45) is -0.778. The van der Waals surface area contributed by atoms with Crippen molar-refractivity contribution in [2.75, 3.05) is 6.79 Å². The Bertz CT molecular complexity index is 1060. The van der Waals surface area contributed by atoms with Crippen molar-refractivity contribution in [3.8, 4) is 22.6 Å². The number of esters is 1. The van der Waals surface area contributed by atoms with Crippen LogP contribution in [0.3, 0.4) is 0 Å². The largest absolute Gasteiger partial charge is 0.454 e. The van der Waals surface area contributed by atoms with Crippen molar-refractivity contribution in [3.63, 3.8) is 0 Å². The topological polar surface area (TPSA) is 73.9 Å². The second-order valence-corrected chi connectivity index (χ2v) is 7.28. The zero-order chi connectivity index (χ0) is 21.6. The Morgan fingerprint density at radius 2 is 1.58 bits per heavy atom. The van der Waals surface area contributed by atoms with Crippen LogP contribution in [0.5, 0.6) is 11.5 Å². The van der Waals surface area contributed by atoms with Crippen LogP contribution in [0.4, 0.5) is 0 Å². The highest BCUT2D eigenvalue weighted by molar-refractivity contribution is 5.84. The van der Waals surface area contributed by atoms with Crippen molar-refractivity contribution in [1.82, 2.24) is 5.32 Å². The first-order valence-corrected chi connectivity index (χ1v) is 10.1. The van der Waals surface area contributed by atoms with Crippen LogP contribution in [0.25, 0.3) is 11.1 Å². The van der Waals surface area contributed by atoms with Gasteiger partial charge in [-0.2, -0.15) is 0 Å². The van der Waals surface area contributed by atoms with E-state index >= 15 is 0 Å². The van der Waals surface area contributed by atoms with Gasteiger partial charge in [-0.15, -0.1) is 0 Å². The van der Waals surface area contributed by atoms with Gasteiger partial charge in [0.25, 0.3) is 5.91 Å². The Morgan fingerprint density at radius 3 is 2.35 bits per heavy atom. The van der Waals surface area contributed by atoms with Crippen molar-refractivity contribution in [2.24, 2.45) is 0 Å². The molecular formula is C25H23NO5. The van der Waals surface area contributed by atoms with E-state index in [1.54, 1.807) is 13.0 Å². The molecule has 1 aliphatic heterocycles. The average molecular weight is 417 g/mol. The van der Waals surface area contributed by atoms with Crippen LogP contribution in [-0.4, -0.2) is 24.8 Å². The van der Waals surface area contributed by atoms with Gasteiger partial charge < -0.3 is 19.5 Å². The quantitative estimate of drug-likeness (QED) is 0.591. The summed E-state index contributed by atoms with van der Waals surface area (Å²) in [5, 5.41) is 2.77. The minimum atomic E-state index is -0.884. The molecule has 0 bridgehead atoms. The molecule has 1 atom stereocenters. The molecule has 1 heterocycles. The number of hydrogen-bond acceptors (Lipinski definition) is 5. The molecule has 0 spiro atoms. The molecular weight excluding hydrogens is 394 g/mol. The summed E-state index contributed by atoms with van der Waals surface area (Å²) >= 11 is 0. The van der Waals surface area contributed by atoms with Gasteiger partial charge in [0, 0.05) is 6.54 Å². The zero-order valence-electron chi connectivity index (χ0n) is 17.2. The Morgan fingerprint density at radius 1 is 0.903 bits per heavy atom. The maximum atomic E-state index is 12.3. The van der Waals surface area contributed by atoms with Crippen molar-refractivity contribution in [1.29, 1.82) is 0 Å². The van der Waals surface area contributed by atoms with Crippen LogP contribution in [0.1, 0.15) is 18.1 Å². The minimum absolute atomic E-state index is 0.106. The number of rotatable bonds is 7. The number of benzene rings is 3. The number of nitrogens with one attached hydrogen (secondary N) is 1. The van der Waals surface area contributed by atoms with Gasteiger partial charge in [0.2, 0.25) is 6.79 Å². The van der Waals surface area contributed by atoms with Gasteiger partial charge in [-0.1, -0.05) is 60.7 Å². The molecule has 0 aliphatic carbocycles. The van der Waals surface area contributed by atoms with E-state index in [0.29, 0.717) is 18.0 Å². The molecule has 3 aromatic carbocycles. The lowest BCUT2D eigenvalue weighted by Gasteiger charge is -2.14. The monoisotopic (exact) mass is 417 g/mol. The summed E-state index contributed by atoms with van der Waals surface area (Å²) in [5.41, 5.74) is 3.89. The molecule has 1 amide bonds. The molecule has 1 aliphatic rings. The fourth-order valence-electron chi connectivity index (χ4n) is 3.29. The third-order valence-corrected chi connectivity index (χ3v) is 4.99. The Balaban J connectivity index is 1.25. The van der Waals surface area contributed by atoms with Gasteiger partial charge >= 0.3 is 5.97 Å². The number of carbonyl (C=O) groups excluding carboxylic acids is 2. The molecule has 0 fully saturated rings. The Kier molecular flexibility index (Phi) is 6.17. The minimum Gasteiger partial charge on any atom is -0.454 e. The van der Waals surface area contributed by atoms with Crippen molar-refractivity contribution >= 4 is 11.9 Å². The van der Waals surface area contributed by atoms with E-state index in [2.05, 4.69) is 5.32 Å². The van der Waals surface area contributed by atoms with Crippen molar-refractivity contribution in [2.45, 2.75) is 26.0 Å². The van der Waals surface area contributed by atoms with Crippen LogP contribution < -0.4 is 14.8 Å². The SMILES string of the molecule is C[C@H](OC(=O)Cc1ccc(-c2ccccc2)cc1)C(=O)NCc1ccc2c(c1)OCO2. The van der Waals surface area contributed by atoms with Crippen LogP contribution >= 0.6 is 0 Å². The van der Waals surface area contributed by atoms with Crippen molar-refractivity contribution < 1.29 is 23.8 Å². The fourth-order valence-corrected chi connectivity index (χ4v) is 3.29. The van der Waals surface area contributed by atoms with Gasteiger partial charge in [-0.3, -0.25) is 9.59 Å². The summed E-state index contributed by atoms with van der Waals surface area (Å²) in [5.74, 6) is 0.544.